The molecule has 0 aliphatic carbocycles. The summed E-state index contributed by atoms with van der Waals surface area (Å²) >= 11 is 6.33. The molecule has 17 heterocycles. The molecule has 0 saturated carbocycles. The van der Waals surface area contributed by atoms with Crippen LogP contribution in [0.1, 0.15) is 43.0 Å². The summed E-state index contributed by atoms with van der Waals surface area (Å²) in [6.07, 6.45) is 20.8. The Balaban J connectivity index is 0.000000109. The molecule has 26 nitrogen and oxygen atoms in total. The average Bonchev–Trinajstić information content (AvgIpc) is 1.62. The van der Waals surface area contributed by atoms with Gasteiger partial charge in [0, 0.05) is 95.6 Å². The van der Waals surface area contributed by atoms with Gasteiger partial charge in [0.2, 0.25) is 0 Å². The van der Waals surface area contributed by atoms with Crippen LogP contribution >= 0.6 is 45.3 Å². The number of amidine groups is 3. The van der Waals surface area contributed by atoms with Crippen molar-refractivity contribution in [2.45, 2.75) is 27.7 Å². The Hall–Kier alpha value is -16.0. The Morgan fingerprint density at radius 1 is 0.382 bits per heavy atom. The number of nitrogens with zero attached hydrogens (tertiary/aromatic N) is 22. The molecule has 1 N–H and O–H groups in total. The van der Waals surface area contributed by atoms with Gasteiger partial charge in [-0.15, -0.1) is 45.3 Å². The van der Waals surface area contributed by atoms with E-state index in [1.54, 1.807) is 73.7 Å². The first-order chi connectivity index (χ1) is 64.2. The Labute approximate surface area is 765 Å². The number of hydrogen-bond donors (Lipinski definition) is 1. The highest BCUT2D eigenvalue weighted by molar-refractivity contribution is 7.19. The van der Waals surface area contributed by atoms with Crippen molar-refractivity contribution in [3.63, 3.8) is 0 Å². The largest absolute Gasteiger partial charge is 0.496 e. The first-order valence-electron chi connectivity index (χ1n) is 41.7. The number of nitrogens with one attached hydrogen (secondary N) is 1. The van der Waals surface area contributed by atoms with Crippen LogP contribution in [0.15, 0.2) is 286 Å². The van der Waals surface area contributed by atoms with Crippen molar-refractivity contribution in [3.8, 4) is 149 Å². The molecule has 23 rings (SSSR count). The Morgan fingerprint density at radius 2 is 0.771 bits per heavy atom. The number of H-pyrrole nitrogens is 1. The van der Waals surface area contributed by atoms with Crippen molar-refractivity contribution in [3.05, 3.63) is 305 Å². The lowest BCUT2D eigenvalue weighted by Crippen LogP contribution is -1.95. The monoisotopic (exact) mass is 1800 g/mol. The number of pyridine rings is 4. The second-order valence-corrected chi connectivity index (χ2v) is 34.3. The highest BCUT2D eigenvalue weighted by atomic mass is 32.1. The molecule has 0 spiro atoms. The molecule has 3 aliphatic rings. The summed E-state index contributed by atoms with van der Waals surface area (Å²) in [5, 5.41) is 14.8. The maximum Gasteiger partial charge on any atom is 0.167 e. The summed E-state index contributed by atoms with van der Waals surface area (Å²) < 4.78 is 41.2. The minimum absolute atomic E-state index is 0.345. The predicted molar refractivity (Wildman–Crippen MR) is 524 cm³/mol. The van der Waals surface area contributed by atoms with Crippen molar-refractivity contribution >= 4 is 110 Å². The predicted octanol–water partition coefficient (Wildman–Crippen LogP) is 21.6. The fourth-order valence-electron chi connectivity index (χ4n) is 15.9. The molecule has 6 aromatic carbocycles. The minimum Gasteiger partial charge on any atom is -0.496 e. The number of aromatic nitrogens is 17. The van der Waals surface area contributed by atoms with Gasteiger partial charge in [-0.05, 0) is 117 Å². The standard InChI is InChI=1S/C27H20FN5OS.C27H22N6O2S.C24H19N7S.C22H17N5S/c1-16-24(27-32-23(17-7-4-3-5-8-17)25(35-27)26-29-13-14-30-26)33-15-18(11-12-21(33)31-16)22-19(28)9-6-10-20(22)34-2;1-16-24(27-31-23(17-7-5-4-6-8-17)25(36-27)26-28-15-29-32-26)33-14-19(10-12-22(33)30-16)18-9-11-20(34-2)21(13-18)35-3;1-15-21(31-14-17(8-9-19(31)28-15)18-12-27-30(2)13-18)24-29-20(16-6-4-3-5-7-16)22(32-24)23-25-10-11-26-23;1-3-15-9-10-17-25-14(2)19(27(17)13-15)22-26-18(16-7-5-4-6-8-16)20(28-22)21-23-11-12-24-21/h3-13,15H,14H2,1-2H3;4-15H,1-3H3,(H,28,29,32);3-10,12-14H,11H2,1-2H3;3-11,13H,1,12H2,2H3. The van der Waals surface area contributed by atoms with Gasteiger partial charge in [-0.3, -0.25) is 42.4 Å². The number of halogens is 1. The van der Waals surface area contributed by atoms with Gasteiger partial charge in [0.1, 0.15) is 83.3 Å². The van der Waals surface area contributed by atoms with Crippen molar-refractivity contribution in [1.29, 1.82) is 0 Å². The quantitative estimate of drug-likeness (QED) is 0.0788. The molecular formula is C100H78FN23O3S4. The minimum atomic E-state index is -0.345. The zero-order chi connectivity index (χ0) is 89.3. The van der Waals surface area contributed by atoms with Crippen molar-refractivity contribution in [2.24, 2.45) is 37.0 Å². The number of benzene rings is 6. The van der Waals surface area contributed by atoms with Gasteiger partial charge in [-0.25, -0.2) is 64.2 Å². The highest BCUT2D eigenvalue weighted by Gasteiger charge is 2.30. The van der Waals surface area contributed by atoms with Crippen LogP contribution in [0.3, 0.4) is 0 Å². The lowest BCUT2D eigenvalue weighted by Gasteiger charge is -2.10. The summed E-state index contributed by atoms with van der Waals surface area (Å²) in [6.45, 7) is 13.7. The van der Waals surface area contributed by atoms with Crippen molar-refractivity contribution in [1.82, 2.24) is 82.4 Å². The molecule has 0 fully saturated rings. The third kappa shape index (κ3) is 16.3. The van der Waals surface area contributed by atoms with Crippen LogP contribution < -0.4 is 14.2 Å². The normalized spacial score (nSPS) is 12.6. The molecule has 31 heteroatoms. The van der Waals surface area contributed by atoms with Gasteiger partial charge in [-0.2, -0.15) is 10.2 Å². The van der Waals surface area contributed by atoms with Crippen molar-refractivity contribution in [2.75, 3.05) is 41.0 Å². The number of aliphatic imine (C=N–C) groups is 6. The zero-order valence-corrected chi connectivity index (χ0v) is 75.1. The number of aryl methyl sites for hydroxylation is 5. The molecule has 0 amide bonds. The SMILES string of the molecule is C=Cc1ccc2nc(C)c(-c3nc(-c4ccccc4)c(C4=NCC=N4)s3)n2c1.COc1ccc(-c2ccc3nc(C)c(-c4nc(-c5ccccc5)c(-c5ncn[nH]5)s4)n3c2)cc1OC.COc1cccc(F)c1-c1ccc2nc(C)c(-c3nc(-c4ccccc4)c(C4=NCC=N4)s3)n2c1.Cc1nc2ccc(-c3cnn(C)c3)cn2c1-c1nc(-c2ccccc2)c(C2=NCC=N2)s1. The number of rotatable bonds is 19. The molecule has 14 aromatic heterocycles. The van der Waals surface area contributed by atoms with E-state index in [0.717, 1.165) is 192 Å². The summed E-state index contributed by atoms with van der Waals surface area (Å²) in [5.74, 6) is 4.38. The molecule has 0 unspecified atom stereocenters. The molecule has 20 aromatic rings. The van der Waals surface area contributed by atoms with Gasteiger partial charge in [0.25, 0.3) is 0 Å². The number of ether oxygens (including phenoxy) is 3. The first kappa shape index (κ1) is 83.3. The van der Waals surface area contributed by atoms with Crippen molar-refractivity contribution < 1.29 is 18.6 Å². The third-order valence-electron chi connectivity index (χ3n) is 22.0. The van der Waals surface area contributed by atoms with Gasteiger partial charge in [0.05, 0.1) is 118 Å². The number of methoxy groups -OCH3 is 3. The summed E-state index contributed by atoms with van der Waals surface area (Å²) in [6, 6.07) is 67.2. The third-order valence-corrected chi connectivity index (χ3v) is 26.3. The second kappa shape index (κ2) is 36.1. The molecule has 642 valence electrons. The van der Waals surface area contributed by atoms with E-state index in [1.165, 1.54) is 23.7 Å². The highest BCUT2D eigenvalue weighted by Crippen LogP contribution is 2.45. The van der Waals surface area contributed by atoms with Crippen LogP contribution in [0, 0.1) is 33.5 Å². The van der Waals surface area contributed by atoms with Crippen LogP contribution in [0.2, 0.25) is 0 Å². The van der Waals surface area contributed by atoms with E-state index in [2.05, 4.69) is 131 Å². The topological polar surface area (TPSA) is 282 Å². The second-order valence-electron chi connectivity index (χ2n) is 30.3. The lowest BCUT2D eigenvalue weighted by molar-refractivity contribution is 0.355. The summed E-state index contributed by atoms with van der Waals surface area (Å²) in [4.78, 5) is 74.5. The Kier molecular flexibility index (Phi) is 22.9. The first-order valence-corrected chi connectivity index (χ1v) is 44.9. The number of imidazole rings is 4. The Morgan fingerprint density at radius 3 is 1.16 bits per heavy atom. The fraction of sp³-hybridized carbons (Fsp3) is 0.110. The molecular weight excluding hydrogens is 1720 g/mol. The molecule has 0 bridgehead atoms. The molecule has 3 aliphatic heterocycles. The smallest absolute Gasteiger partial charge is 0.167 e. The van der Waals surface area contributed by atoms with Gasteiger partial charge >= 0.3 is 0 Å². The van der Waals surface area contributed by atoms with Gasteiger partial charge < -0.3 is 14.2 Å². The molecule has 0 radical (unpaired) electrons. The van der Waals surface area contributed by atoms with E-state index >= 15 is 0 Å². The van der Waals surface area contributed by atoms with Crippen LogP contribution in [-0.4, -0.2) is 160 Å². The van der Waals surface area contributed by atoms with Crippen LogP contribution in [0.25, 0.3) is 161 Å². The number of aromatic amines is 1. The van der Waals surface area contributed by atoms with Crippen LogP contribution in [-0.2, 0) is 7.05 Å². The van der Waals surface area contributed by atoms with E-state index in [1.807, 2.05) is 227 Å². The fourth-order valence-corrected chi connectivity index (χ4v) is 20.5. The summed E-state index contributed by atoms with van der Waals surface area (Å²) in [7, 11) is 6.74. The van der Waals surface area contributed by atoms with Crippen LogP contribution in [0.4, 0.5) is 4.39 Å². The van der Waals surface area contributed by atoms with Gasteiger partial charge in [0.15, 0.2) is 34.8 Å². The zero-order valence-electron chi connectivity index (χ0n) is 71.9. The molecule has 0 atom stereocenters. The van der Waals surface area contributed by atoms with E-state index in [0.29, 0.717) is 59.7 Å². The van der Waals surface area contributed by atoms with Crippen LogP contribution in [0.5, 0.6) is 17.2 Å². The number of fused-ring (bicyclic) bond motifs is 4. The maximum atomic E-state index is 14.8. The number of hydrogen-bond acceptors (Lipinski definition) is 24. The maximum absolute atomic E-state index is 14.8. The van der Waals surface area contributed by atoms with E-state index in [4.69, 9.17) is 54.1 Å². The molecule has 0 saturated heterocycles. The summed E-state index contributed by atoms with van der Waals surface area (Å²) in [5.41, 5.74) is 24.7. The van der Waals surface area contributed by atoms with E-state index < -0.39 is 0 Å². The average molecular weight is 1800 g/mol. The van der Waals surface area contributed by atoms with Gasteiger partial charge in [-0.1, -0.05) is 146 Å². The number of thiazole rings is 4. The van der Waals surface area contributed by atoms with E-state index in [-0.39, 0.29) is 5.82 Å². The lowest BCUT2D eigenvalue weighted by atomic mass is 10.1. The Bertz CT molecular complexity index is 7940. The van der Waals surface area contributed by atoms with E-state index in [9.17, 15) is 4.39 Å². The molecule has 131 heavy (non-hydrogen) atoms.